The monoisotopic (exact) mass is 453 g/mol. The number of amides is 2. The molecular formula is C21H26F3N5O3. The van der Waals surface area contributed by atoms with E-state index >= 15 is 0 Å². The molecule has 2 aliphatic rings. The summed E-state index contributed by atoms with van der Waals surface area (Å²) in [5, 5.41) is 12.4. The molecule has 1 aromatic heterocycles. The molecule has 1 saturated heterocycles. The molecule has 8 nitrogen and oxygen atoms in total. The Morgan fingerprint density at radius 2 is 1.88 bits per heavy atom. The second-order valence-electron chi connectivity index (χ2n) is 8.41. The minimum Gasteiger partial charge on any atom is -0.393 e. The number of imidazole rings is 1. The van der Waals surface area contributed by atoms with E-state index in [0.29, 0.717) is 19.4 Å². The predicted molar refractivity (Wildman–Crippen MR) is 111 cm³/mol. The van der Waals surface area contributed by atoms with Crippen LogP contribution in [-0.2, 0) is 18.0 Å². The molecule has 0 radical (unpaired) electrons. The first kappa shape index (κ1) is 22.4. The standard InChI is InChI=1S/C21H26F3N5O3/c1-25-12-9-15(21(22,23)24)18-16(10-12)27(2)19(26-18)20(32)28-7-8-29(17(31)11-28)13-3-5-14(30)6-4-13/h9-10,13-14,25,30H,3-8,11H2,1-2H3. The number of aryl methyl sites for hydroxylation is 1. The largest absolute Gasteiger partial charge is 0.418 e. The lowest BCUT2D eigenvalue weighted by molar-refractivity contribution is -0.139. The molecule has 1 saturated carbocycles. The van der Waals surface area contributed by atoms with Crippen LogP contribution >= 0.6 is 0 Å². The molecule has 2 aromatic rings. The van der Waals surface area contributed by atoms with Crippen LogP contribution < -0.4 is 5.32 Å². The van der Waals surface area contributed by atoms with Crippen molar-refractivity contribution in [2.75, 3.05) is 32.0 Å². The fraction of sp³-hybridized carbons (Fsp3) is 0.571. The molecule has 0 unspecified atom stereocenters. The maximum Gasteiger partial charge on any atom is 0.418 e. The molecule has 0 spiro atoms. The highest BCUT2D eigenvalue weighted by atomic mass is 19.4. The number of halogens is 3. The molecule has 0 bridgehead atoms. The van der Waals surface area contributed by atoms with Crippen molar-refractivity contribution in [3.05, 3.63) is 23.5 Å². The number of anilines is 1. The third-order valence-electron chi connectivity index (χ3n) is 6.42. The average Bonchev–Trinajstić information content (AvgIpc) is 3.09. The molecule has 174 valence electrons. The minimum absolute atomic E-state index is 0.0493. The van der Waals surface area contributed by atoms with Crippen molar-refractivity contribution in [1.82, 2.24) is 19.4 Å². The molecule has 2 amide bonds. The van der Waals surface area contributed by atoms with Gasteiger partial charge in [0.15, 0.2) is 5.82 Å². The quantitative estimate of drug-likeness (QED) is 0.744. The van der Waals surface area contributed by atoms with E-state index in [1.807, 2.05) is 0 Å². The molecule has 1 aliphatic heterocycles. The first-order valence-corrected chi connectivity index (χ1v) is 10.6. The number of rotatable bonds is 3. The Bertz CT molecular complexity index is 1040. The summed E-state index contributed by atoms with van der Waals surface area (Å²) in [5.41, 5.74) is -0.783. The van der Waals surface area contributed by atoms with E-state index in [4.69, 9.17) is 0 Å². The van der Waals surface area contributed by atoms with Gasteiger partial charge in [0.05, 0.1) is 17.2 Å². The van der Waals surface area contributed by atoms with Crippen LogP contribution in [0.15, 0.2) is 12.1 Å². The highest BCUT2D eigenvalue weighted by Gasteiger charge is 2.37. The van der Waals surface area contributed by atoms with Gasteiger partial charge >= 0.3 is 6.18 Å². The number of benzene rings is 1. The number of aliphatic hydroxyl groups is 1. The first-order chi connectivity index (χ1) is 15.1. The van der Waals surface area contributed by atoms with E-state index in [-0.39, 0.29) is 53.7 Å². The third-order valence-corrected chi connectivity index (χ3v) is 6.42. The third kappa shape index (κ3) is 4.01. The molecule has 1 aliphatic carbocycles. The Hall–Kier alpha value is -2.82. The summed E-state index contributed by atoms with van der Waals surface area (Å²) >= 11 is 0. The number of nitrogens with zero attached hydrogens (tertiary/aromatic N) is 4. The van der Waals surface area contributed by atoms with Gasteiger partial charge in [0, 0.05) is 38.9 Å². The summed E-state index contributed by atoms with van der Waals surface area (Å²) in [4.78, 5) is 33.0. The van der Waals surface area contributed by atoms with E-state index in [1.165, 1.54) is 29.6 Å². The molecule has 11 heteroatoms. The summed E-state index contributed by atoms with van der Waals surface area (Å²) in [6.45, 7) is 0.489. The maximum atomic E-state index is 13.6. The zero-order valence-electron chi connectivity index (χ0n) is 17.9. The Morgan fingerprint density at radius 3 is 2.47 bits per heavy atom. The van der Waals surface area contributed by atoms with Crippen LogP contribution in [0.5, 0.6) is 0 Å². The lowest BCUT2D eigenvalue weighted by Crippen LogP contribution is -2.56. The van der Waals surface area contributed by atoms with Crippen molar-refractivity contribution in [3.8, 4) is 0 Å². The molecule has 1 aromatic carbocycles. The zero-order chi connectivity index (χ0) is 23.2. The molecular weight excluding hydrogens is 427 g/mol. The minimum atomic E-state index is -4.63. The van der Waals surface area contributed by atoms with Gasteiger partial charge in [0.2, 0.25) is 5.91 Å². The predicted octanol–water partition coefficient (Wildman–Crippen LogP) is 2.22. The lowest BCUT2D eigenvalue weighted by atomic mass is 9.91. The van der Waals surface area contributed by atoms with Crippen LogP contribution in [0.3, 0.4) is 0 Å². The number of carbonyl (C=O) groups is 2. The normalized spacial score (nSPS) is 22.5. The number of carbonyl (C=O) groups excluding carboxylic acids is 2. The van der Waals surface area contributed by atoms with Crippen molar-refractivity contribution in [2.45, 2.75) is 44.0 Å². The molecule has 2 N–H and O–H groups in total. The second-order valence-corrected chi connectivity index (χ2v) is 8.41. The fourth-order valence-electron chi connectivity index (χ4n) is 4.60. The van der Waals surface area contributed by atoms with Gasteiger partial charge in [0.25, 0.3) is 5.91 Å². The number of hydrogen-bond donors (Lipinski definition) is 2. The fourth-order valence-corrected chi connectivity index (χ4v) is 4.60. The number of aliphatic hydroxyl groups excluding tert-OH is 1. The summed E-state index contributed by atoms with van der Waals surface area (Å²) in [6.07, 6.45) is -2.22. The van der Waals surface area contributed by atoms with Gasteiger partial charge in [-0.2, -0.15) is 13.2 Å². The smallest absolute Gasteiger partial charge is 0.393 e. The van der Waals surface area contributed by atoms with Crippen molar-refractivity contribution in [2.24, 2.45) is 7.05 Å². The van der Waals surface area contributed by atoms with Crippen molar-refractivity contribution in [1.29, 1.82) is 0 Å². The number of nitrogens with one attached hydrogen (secondary N) is 1. The number of alkyl halides is 3. The van der Waals surface area contributed by atoms with Crippen LogP contribution in [0.1, 0.15) is 41.9 Å². The number of aromatic nitrogens is 2. The van der Waals surface area contributed by atoms with E-state index < -0.39 is 17.6 Å². The Morgan fingerprint density at radius 1 is 1.19 bits per heavy atom. The number of fused-ring (bicyclic) bond motifs is 1. The second kappa shape index (κ2) is 8.27. The Balaban J connectivity index is 1.58. The summed E-state index contributed by atoms with van der Waals surface area (Å²) < 4.78 is 42.1. The van der Waals surface area contributed by atoms with Crippen LogP contribution in [0, 0.1) is 0 Å². The van der Waals surface area contributed by atoms with Gasteiger partial charge in [-0.15, -0.1) is 0 Å². The molecule has 32 heavy (non-hydrogen) atoms. The topological polar surface area (TPSA) is 90.7 Å². The van der Waals surface area contributed by atoms with Crippen LogP contribution in [0.4, 0.5) is 18.9 Å². The van der Waals surface area contributed by atoms with Crippen molar-refractivity contribution in [3.63, 3.8) is 0 Å². The van der Waals surface area contributed by atoms with Gasteiger partial charge < -0.3 is 24.8 Å². The summed E-state index contributed by atoms with van der Waals surface area (Å²) in [6, 6.07) is 2.52. The molecule has 2 fully saturated rings. The highest BCUT2D eigenvalue weighted by Crippen LogP contribution is 2.37. The van der Waals surface area contributed by atoms with Crippen LogP contribution in [0.2, 0.25) is 0 Å². The van der Waals surface area contributed by atoms with Crippen molar-refractivity contribution >= 4 is 28.5 Å². The van der Waals surface area contributed by atoms with E-state index in [2.05, 4.69) is 10.3 Å². The molecule has 2 heterocycles. The van der Waals surface area contributed by atoms with E-state index in [9.17, 15) is 27.9 Å². The Kier molecular flexibility index (Phi) is 5.78. The zero-order valence-corrected chi connectivity index (χ0v) is 17.9. The van der Waals surface area contributed by atoms with E-state index in [1.54, 1.807) is 4.90 Å². The van der Waals surface area contributed by atoms with Gasteiger partial charge in [-0.05, 0) is 37.8 Å². The van der Waals surface area contributed by atoms with Gasteiger partial charge in [-0.3, -0.25) is 9.59 Å². The van der Waals surface area contributed by atoms with Crippen molar-refractivity contribution < 1.29 is 27.9 Å². The number of piperazine rings is 1. The highest BCUT2D eigenvalue weighted by molar-refractivity contribution is 5.98. The SMILES string of the molecule is CNc1cc(C(F)(F)F)c2nc(C(=O)N3CCN(C4CCC(O)CC4)C(=O)C3)n(C)c2c1. The molecule has 4 rings (SSSR count). The van der Waals surface area contributed by atoms with Crippen LogP contribution in [0.25, 0.3) is 11.0 Å². The first-order valence-electron chi connectivity index (χ1n) is 10.6. The number of hydrogen-bond acceptors (Lipinski definition) is 5. The maximum absolute atomic E-state index is 13.6. The van der Waals surface area contributed by atoms with Gasteiger partial charge in [-0.1, -0.05) is 0 Å². The van der Waals surface area contributed by atoms with Gasteiger partial charge in [-0.25, -0.2) is 4.98 Å². The van der Waals surface area contributed by atoms with Gasteiger partial charge in [0.1, 0.15) is 12.1 Å². The summed E-state index contributed by atoms with van der Waals surface area (Å²) in [7, 11) is 3.01. The van der Waals surface area contributed by atoms with Crippen LogP contribution in [-0.4, -0.2) is 75.1 Å². The van der Waals surface area contributed by atoms with E-state index in [0.717, 1.165) is 18.9 Å². The molecule has 0 atom stereocenters. The lowest BCUT2D eigenvalue weighted by Gasteiger charge is -2.41. The Labute approximate surface area is 183 Å². The average molecular weight is 453 g/mol. The summed E-state index contributed by atoms with van der Waals surface area (Å²) in [5.74, 6) is -0.908.